The largest absolute Gasteiger partial charge is 0.348 e. The van der Waals surface area contributed by atoms with Gasteiger partial charge in [-0.3, -0.25) is 4.79 Å². The Balaban J connectivity index is 1.72. The highest BCUT2D eigenvalue weighted by Crippen LogP contribution is 2.27. The predicted octanol–water partition coefficient (Wildman–Crippen LogP) is 3.20. The maximum absolute atomic E-state index is 13.8. The third kappa shape index (κ3) is 3.59. The molecule has 1 amide bonds. The van der Waals surface area contributed by atoms with Crippen LogP contribution in [0.3, 0.4) is 0 Å². The molecule has 0 bridgehead atoms. The number of nitrogens with two attached hydrogens (primary N) is 1. The van der Waals surface area contributed by atoms with Crippen molar-refractivity contribution in [1.29, 1.82) is 0 Å². The van der Waals surface area contributed by atoms with Crippen LogP contribution in [0.2, 0.25) is 0 Å². The van der Waals surface area contributed by atoms with Crippen LogP contribution in [0.25, 0.3) is 10.6 Å². The first-order valence-corrected chi connectivity index (χ1v) is 8.78. The highest BCUT2D eigenvalue weighted by atomic mass is 32.1. The quantitative estimate of drug-likeness (QED) is 0.903. The van der Waals surface area contributed by atoms with Crippen molar-refractivity contribution in [2.45, 2.75) is 31.7 Å². The minimum atomic E-state index is -0.329. The highest BCUT2D eigenvalue weighted by molar-refractivity contribution is 7.13. The molecule has 1 heterocycles. The van der Waals surface area contributed by atoms with Crippen molar-refractivity contribution in [2.75, 3.05) is 6.54 Å². The van der Waals surface area contributed by atoms with Gasteiger partial charge in [0.15, 0.2) is 0 Å². The van der Waals surface area contributed by atoms with Crippen molar-refractivity contribution in [3.63, 3.8) is 0 Å². The van der Waals surface area contributed by atoms with Gasteiger partial charge in [0.05, 0.1) is 0 Å². The van der Waals surface area contributed by atoms with Crippen LogP contribution in [-0.4, -0.2) is 23.5 Å². The number of amides is 1. The molecule has 122 valence electrons. The van der Waals surface area contributed by atoms with Gasteiger partial charge < -0.3 is 11.1 Å². The van der Waals surface area contributed by atoms with Gasteiger partial charge in [-0.1, -0.05) is 25.0 Å². The Morgan fingerprint density at radius 3 is 2.91 bits per heavy atom. The number of rotatable bonds is 4. The van der Waals surface area contributed by atoms with Crippen molar-refractivity contribution in [1.82, 2.24) is 10.3 Å². The lowest BCUT2D eigenvalue weighted by Crippen LogP contribution is -2.44. The number of hydrogen-bond donors (Lipinski definition) is 2. The molecule has 0 spiro atoms. The summed E-state index contributed by atoms with van der Waals surface area (Å²) in [5, 5.41) is 5.25. The Morgan fingerprint density at radius 2 is 2.13 bits per heavy atom. The number of carbonyl (C=O) groups is 1. The number of thiazole rings is 1. The summed E-state index contributed by atoms with van der Waals surface area (Å²) in [6.07, 6.45) is 4.29. The monoisotopic (exact) mass is 333 g/mol. The zero-order valence-corrected chi connectivity index (χ0v) is 13.6. The lowest BCUT2D eigenvalue weighted by Gasteiger charge is -2.31. The smallest absolute Gasteiger partial charge is 0.271 e. The van der Waals surface area contributed by atoms with E-state index in [0.717, 1.165) is 19.3 Å². The molecule has 3 rings (SSSR count). The van der Waals surface area contributed by atoms with Crippen LogP contribution in [0, 0.1) is 11.7 Å². The molecule has 2 aromatic rings. The maximum Gasteiger partial charge on any atom is 0.271 e. The summed E-state index contributed by atoms with van der Waals surface area (Å²) >= 11 is 1.28. The van der Waals surface area contributed by atoms with E-state index in [2.05, 4.69) is 10.3 Å². The average molecular weight is 333 g/mol. The lowest BCUT2D eigenvalue weighted by molar-refractivity contribution is 0.0903. The fourth-order valence-electron chi connectivity index (χ4n) is 3.06. The molecule has 1 saturated carbocycles. The fraction of sp³-hybridized carbons (Fsp3) is 0.412. The normalized spacial score (nSPS) is 21.1. The van der Waals surface area contributed by atoms with Crippen LogP contribution in [0.15, 0.2) is 29.6 Å². The molecule has 1 aliphatic rings. The molecule has 6 heteroatoms. The Hall–Kier alpha value is -1.79. The molecule has 0 aliphatic heterocycles. The van der Waals surface area contributed by atoms with Crippen LogP contribution < -0.4 is 11.1 Å². The van der Waals surface area contributed by atoms with E-state index in [0.29, 0.717) is 28.7 Å². The van der Waals surface area contributed by atoms with E-state index >= 15 is 0 Å². The summed E-state index contributed by atoms with van der Waals surface area (Å²) in [6, 6.07) is 6.56. The molecule has 3 N–H and O–H groups in total. The molecule has 2 unspecified atom stereocenters. The second-order valence-electron chi connectivity index (χ2n) is 5.88. The molecule has 1 aromatic carbocycles. The highest BCUT2D eigenvalue weighted by Gasteiger charge is 2.26. The second kappa shape index (κ2) is 7.19. The number of aromatic nitrogens is 1. The van der Waals surface area contributed by atoms with E-state index in [1.165, 1.54) is 23.8 Å². The van der Waals surface area contributed by atoms with E-state index in [-0.39, 0.29) is 17.8 Å². The fourth-order valence-corrected chi connectivity index (χ4v) is 3.89. The minimum absolute atomic E-state index is 0.111. The van der Waals surface area contributed by atoms with E-state index in [1.807, 2.05) is 0 Å². The van der Waals surface area contributed by atoms with Crippen molar-refractivity contribution < 1.29 is 9.18 Å². The van der Waals surface area contributed by atoms with Gasteiger partial charge in [0.25, 0.3) is 5.91 Å². The molecular formula is C17H20FN3OS. The van der Waals surface area contributed by atoms with Crippen LogP contribution in [0.1, 0.15) is 36.2 Å². The number of carbonyl (C=O) groups excluding carboxylic acids is 1. The van der Waals surface area contributed by atoms with Crippen LogP contribution in [-0.2, 0) is 0 Å². The number of nitrogens with zero attached hydrogens (tertiary/aromatic N) is 1. The van der Waals surface area contributed by atoms with Gasteiger partial charge in [0, 0.05) is 17.0 Å². The lowest BCUT2D eigenvalue weighted by atomic mass is 9.84. The molecule has 0 radical (unpaired) electrons. The summed E-state index contributed by atoms with van der Waals surface area (Å²) in [5.41, 5.74) is 6.57. The number of nitrogens with one attached hydrogen (secondary N) is 1. The van der Waals surface area contributed by atoms with Gasteiger partial charge in [0.1, 0.15) is 16.5 Å². The summed E-state index contributed by atoms with van der Waals surface area (Å²) < 4.78 is 13.8. The molecule has 4 nitrogen and oxygen atoms in total. The van der Waals surface area contributed by atoms with E-state index in [1.54, 1.807) is 23.6 Å². The first-order valence-electron chi connectivity index (χ1n) is 7.90. The topological polar surface area (TPSA) is 68.0 Å². The van der Waals surface area contributed by atoms with E-state index in [9.17, 15) is 9.18 Å². The molecular weight excluding hydrogens is 313 g/mol. The van der Waals surface area contributed by atoms with Crippen molar-refractivity contribution in [2.24, 2.45) is 11.7 Å². The van der Waals surface area contributed by atoms with E-state index in [4.69, 9.17) is 5.73 Å². The summed E-state index contributed by atoms with van der Waals surface area (Å²) in [4.78, 5) is 16.7. The van der Waals surface area contributed by atoms with E-state index < -0.39 is 0 Å². The van der Waals surface area contributed by atoms with Crippen molar-refractivity contribution >= 4 is 17.2 Å². The zero-order chi connectivity index (χ0) is 16.2. The minimum Gasteiger partial charge on any atom is -0.348 e. The maximum atomic E-state index is 13.8. The summed E-state index contributed by atoms with van der Waals surface area (Å²) in [5.74, 6) is -0.198. The molecule has 2 atom stereocenters. The third-order valence-electron chi connectivity index (χ3n) is 4.37. The van der Waals surface area contributed by atoms with Gasteiger partial charge in [0.2, 0.25) is 0 Å². The first-order chi connectivity index (χ1) is 11.2. The van der Waals surface area contributed by atoms with Gasteiger partial charge in [-0.2, -0.15) is 0 Å². The standard InChI is InChI=1S/C17H20FN3OS/c18-13-7-3-2-6-12(13)17-21-15(10-23-17)16(22)20-14-8-4-1-5-11(14)9-19/h2-3,6-7,10-11,14H,1,4-5,8-9,19H2,(H,20,22). The Morgan fingerprint density at radius 1 is 1.35 bits per heavy atom. The molecule has 1 aliphatic carbocycles. The first kappa shape index (κ1) is 16.1. The summed E-state index contributed by atoms with van der Waals surface area (Å²) in [7, 11) is 0. The summed E-state index contributed by atoms with van der Waals surface area (Å²) in [6.45, 7) is 0.586. The molecule has 1 aromatic heterocycles. The predicted molar refractivity (Wildman–Crippen MR) is 89.8 cm³/mol. The van der Waals surface area contributed by atoms with Gasteiger partial charge in [-0.15, -0.1) is 11.3 Å². The van der Waals surface area contributed by atoms with Gasteiger partial charge in [-0.25, -0.2) is 9.37 Å². The zero-order valence-electron chi connectivity index (χ0n) is 12.8. The van der Waals surface area contributed by atoms with Crippen LogP contribution in [0.5, 0.6) is 0 Å². The SMILES string of the molecule is NCC1CCCCC1NC(=O)c1csc(-c2ccccc2F)n1. The Labute approximate surface area is 138 Å². The average Bonchev–Trinajstić information content (AvgIpc) is 3.05. The number of halogens is 1. The Bertz CT molecular complexity index is 688. The second-order valence-corrected chi connectivity index (χ2v) is 6.74. The third-order valence-corrected chi connectivity index (χ3v) is 5.24. The number of hydrogen-bond acceptors (Lipinski definition) is 4. The van der Waals surface area contributed by atoms with Crippen LogP contribution >= 0.6 is 11.3 Å². The van der Waals surface area contributed by atoms with Gasteiger partial charge in [-0.05, 0) is 37.4 Å². The molecule has 1 fully saturated rings. The number of benzene rings is 1. The molecule has 0 saturated heterocycles. The molecule has 23 heavy (non-hydrogen) atoms. The van der Waals surface area contributed by atoms with Gasteiger partial charge >= 0.3 is 0 Å². The van der Waals surface area contributed by atoms with Crippen molar-refractivity contribution in [3.05, 3.63) is 41.2 Å². The van der Waals surface area contributed by atoms with Crippen LogP contribution in [0.4, 0.5) is 4.39 Å². The van der Waals surface area contributed by atoms with Crippen molar-refractivity contribution in [3.8, 4) is 10.6 Å². The Kier molecular flexibility index (Phi) is 5.03.